The van der Waals surface area contributed by atoms with Gasteiger partial charge in [0.25, 0.3) is 0 Å². The van der Waals surface area contributed by atoms with E-state index in [1.54, 1.807) is 0 Å². The lowest BCUT2D eigenvalue weighted by Gasteiger charge is -2.14. The zero-order valence-corrected chi connectivity index (χ0v) is 19.4. The molecule has 0 saturated carbocycles. The zero-order chi connectivity index (χ0) is 20.1. The Hall–Kier alpha value is -1.82. The van der Waals surface area contributed by atoms with E-state index in [4.69, 9.17) is 16.6 Å². The lowest BCUT2D eigenvalue weighted by molar-refractivity contribution is 0.861. The van der Waals surface area contributed by atoms with Crippen LogP contribution >= 0.6 is 41.7 Å². The smallest absolute Gasteiger partial charge is 0.159 e. The molecule has 0 bridgehead atoms. The minimum absolute atomic E-state index is 0.445. The molecular formula is C21H18ClIN4S. The quantitative estimate of drug-likeness (QED) is 0.292. The second kappa shape index (κ2) is 9.59. The molecule has 1 aliphatic rings. The zero-order valence-electron chi connectivity index (χ0n) is 15.7. The summed E-state index contributed by atoms with van der Waals surface area (Å²) < 4.78 is 2.05. The fourth-order valence-electron chi connectivity index (χ4n) is 3.02. The maximum Gasteiger partial charge on any atom is 0.159 e. The van der Waals surface area contributed by atoms with Gasteiger partial charge in [-0.1, -0.05) is 49.6 Å². The first kappa shape index (κ1) is 20.9. The lowest BCUT2D eigenvalue weighted by Crippen LogP contribution is -2.09. The number of aromatic nitrogens is 3. The molecule has 0 fully saturated rings. The number of nitrogens with zero attached hydrogens (tertiary/aromatic N) is 4. The van der Waals surface area contributed by atoms with Gasteiger partial charge in [0.2, 0.25) is 0 Å². The number of aliphatic imine (C=N–C) groups is 1. The van der Waals surface area contributed by atoms with Crippen molar-refractivity contribution in [3.63, 3.8) is 0 Å². The van der Waals surface area contributed by atoms with E-state index < -0.39 is 0 Å². The third kappa shape index (κ3) is 4.12. The van der Waals surface area contributed by atoms with Crippen molar-refractivity contribution in [2.75, 3.05) is 0 Å². The summed E-state index contributed by atoms with van der Waals surface area (Å²) in [6, 6.07) is 13.9. The van der Waals surface area contributed by atoms with Gasteiger partial charge in [-0.2, -0.15) is 0 Å². The van der Waals surface area contributed by atoms with Crippen LogP contribution in [0.1, 0.15) is 42.2 Å². The normalized spacial score (nSPS) is 11.7. The molecule has 28 heavy (non-hydrogen) atoms. The van der Waals surface area contributed by atoms with Crippen LogP contribution in [0.3, 0.4) is 0 Å². The van der Waals surface area contributed by atoms with Gasteiger partial charge < -0.3 is 0 Å². The molecule has 0 spiro atoms. The molecule has 0 amide bonds. The van der Waals surface area contributed by atoms with Gasteiger partial charge in [0.05, 0.1) is 11.4 Å². The van der Waals surface area contributed by atoms with Gasteiger partial charge in [-0.3, -0.25) is 9.56 Å². The van der Waals surface area contributed by atoms with Crippen LogP contribution in [0.4, 0.5) is 0 Å². The highest BCUT2D eigenvalue weighted by Crippen LogP contribution is 2.29. The van der Waals surface area contributed by atoms with Crippen molar-refractivity contribution in [2.45, 2.75) is 27.3 Å². The minimum atomic E-state index is 0.445. The van der Waals surface area contributed by atoms with Crippen LogP contribution in [0.2, 0.25) is 5.02 Å². The highest BCUT2D eigenvalue weighted by Gasteiger charge is 2.22. The molecule has 1 aliphatic heterocycles. The van der Waals surface area contributed by atoms with E-state index in [1.165, 1.54) is 8.93 Å². The van der Waals surface area contributed by atoms with Crippen LogP contribution in [0, 0.1) is 18.1 Å². The second-order valence-electron chi connectivity index (χ2n) is 5.68. The molecule has 0 radical (unpaired) electrons. The highest BCUT2D eigenvalue weighted by molar-refractivity contribution is 14.2. The minimum Gasteiger partial charge on any atom is -0.281 e. The topological polar surface area (TPSA) is 43.1 Å². The molecule has 3 aromatic rings. The van der Waals surface area contributed by atoms with Gasteiger partial charge in [-0.05, 0) is 45.4 Å². The third-order valence-corrected chi connectivity index (χ3v) is 5.30. The number of aryl methyl sites for hydroxylation is 1. The molecule has 7 heteroatoms. The Kier molecular flexibility index (Phi) is 7.16. The fraction of sp³-hybridized carbons (Fsp3) is 0.190. The first-order valence-corrected chi connectivity index (χ1v) is 12.6. The van der Waals surface area contributed by atoms with Gasteiger partial charge >= 0.3 is 0 Å². The van der Waals surface area contributed by atoms with E-state index in [9.17, 15) is 0 Å². The molecule has 4 rings (SSSR count). The van der Waals surface area contributed by atoms with Gasteiger partial charge in [-0.25, -0.2) is 0 Å². The number of hydrogen-bond acceptors (Lipinski definition) is 4. The van der Waals surface area contributed by atoms with Crippen LogP contribution in [0.15, 0.2) is 47.5 Å². The maximum atomic E-state index is 6.47. The molecule has 4 nitrogen and oxygen atoms in total. The van der Waals surface area contributed by atoms with E-state index in [-0.39, 0.29) is 0 Å². The first-order chi connectivity index (χ1) is 13.7. The van der Waals surface area contributed by atoms with Crippen molar-refractivity contribution in [1.82, 2.24) is 14.8 Å². The summed E-state index contributed by atoms with van der Waals surface area (Å²) in [6.07, 6.45) is 0. The SMILES string of the molecule is CC.Cc1nnc2n1-c1ccc(C#CSI)cc1C(c1ccccc1Cl)=NC2. The summed E-state index contributed by atoms with van der Waals surface area (Å²) in [4.78, 5) is 4.83. The predicted octanol–water partition coefficient (Wildman–Crippen LogP) is 6.00. The molecular weight excluding hydrogens is 503 g/mol. The highest BCUT2D eigenvalue weighted by atomic mass is 127. The summed E-state index contributed by atoms with van der Waals surface area (Å²) in [5, 5.41) is 12.2. The van der Waals surface area contributed by atoms with Crippen LogP contribution in [0.5, 0.6) is 0 Å². The molecule has 0 unspecified atom stereocenters. The van der Waals surface area contributed by atoms with Gasteiger partial charge in [-0.15, -0.1) is 10.2 Å². The van der Waals surface area contributed by atoms with Gasteiger partial charge in [0.1, 0.15) is 12.4 Å². The van der Waals surface area contributed by atoms with E-state index in [0.717, 1.165) is 39.7 Å². The second-order valence-corrected chi connectivity index (χ2v) is 7.77. The Labute approximate surface area is 186 Å². The van der Waals surface area contributed by atoms with Gasteiger partial charge in [0, 0.05) is 42.9 Å². The Balaban J connectivity index is 0.00000109. The molecule has 1 aromatic heterocycles. The van der Waals surface area contributed by atoms with Crippen LogP contribution in [-0.2, 0) is 6.54 Å². The third-order valence-electron chi connectivity index (χ3n) is 4.13. The standard InChI is InChI=1S/C19H12ClIN4S.C2H6/c1-12-23-24-18-11-22-19(14-4-2-3-5-16(14)20)15-10-13(8-9-26-21)6-7-17(15)25(12)18;1-2/h2-7,10H,11H2,1H3;1-2H3. The van der Waals surface area contributed by atoms with Crippen molar-refractivity contribution in [3.05, 3.63) is 75.8 Å². The summed E-state index contributed by atoms with van der Waals surface area (Å²) in [5.41, 5.74) is 4.65. The number of rotatable bonds is 1. The van der Waals surface area contributed by atoms with E-state index >= 15 is 0 Å². The number of halogens is 2. The Morgan fingerprint density at radius 3 is 2.64 bits per heavy atom. The van der Waals surface area contributed by atoms with E-state index in [0.29, 0.717) is 11.6 Å². The molecule has 142 valence electrons. The first-order valence-electron chi connectivity index (χ1n) is 8.82. The van der Waals surface area contributed by atoms with Crippen LogP contribution in [0.25, 0.3) is 5.69 Å². The molecule has 2 aromatic carbocycles. The lowest BCUT2D eigenvalue weighted by atomic mass is 9.98. The average Bonchev–Trinajstić information content (AvgIpc) is 3.01. The van der Waals surface area contributed by atoms with E-state index in [2.05, 4.69) is 54.7 Å². The number of hydrogen-bond donors (Lipinski definition) is 0. The van der Waals surface area contributed by atoms with Gasteiger partial charge in [0.15, 0.2) is 5.82 Å². The molecule has 0 N–H and O–H groups in total. The van der Waals surface area contributed by atoms with Crippen LogP contribution in [-0.4, -0.2) is 20.5 Å². The average molecular weight is 521 g/mol. The Morgan fingerprint density at radius 1 is 1.11 bits per heavy atom. The summed E-state index contributed by atoms with van der Waals surface area (Å²) in [5.74, 6) is 4.81. The monoisotopic (exact) mass is 520 g/mol. The molecule has 0 aliphatic carbocycles. The fourth-order valence-corrected chi connectivity index (χ4v) is 3.73. The van der Waals surface area contributed by atoms with Crippen LogP contribution < -0.4 is 0 Å². The van der Waals surface area contributed by atoms with Crippen molar-refractivity contribution in [1.29, 1.82) is 0 Å². The number of fused-ring (bicyclic) bond motifs is 3. The Morgan fingerprint density at radius 2 is 1.89 bits per heavy atom. The summed E-state index contributed by atoms with van der Waals surface area (Å²) >= 11 is 8.64. The summed E-state index contributed by atoms with van der Waals surface area (Å²) in [7, 11) is 1.46. The molecule has 0 atom stereocenters. The molecule has 0 saturated heterocycles. The van der Waals surface area contributed by atoms with Crippen molar-refractivity contribution in [2.24, 2.45) is 4.99 Å². The van der Waals surface area contributed by atoms with Crippen molar-refractivity contribution >= 4 is 47.5 Å². The maximum absolute atomic E-state index is 6.47. The molecule has 2 heterocycles. The van der Waals surface area contributed by atoms with E-state index in [1.807, 2.05) is 55.7 Å². The predicted molar refractivity (Wildman–Crippen MR) is 127 cm³/mol. The largest absolute Gasteiger partial charge is 0.281 e. The van der Waals surface area contributed by atoms with Crippen molar-refractivity contribution < 1.29 is 0 Å². The number of benzene rings is 2. The Bertz CT molecular complexity index is 1100. The van der Waals surface area contributed by atoms with Crippen molar-refractivity contribution in [3.8, 4) is 16.9 Å². The summed E-state index contributed by atoms with van der Waals surface area (Å²) in [6.45, 7) is 6.39.